The Morgan fingerprint density at radius 3 is 2.36 bits per heavy atom. The maximum atomic E-state index is 11.5. The van der Waals surface area contributed by atoms with E-state index in [0.717, 1.165) is 50.9 Å². The monoisotopic (exact) mass is 511 g/mol. The first kappa shape index (κ1) is 26.3. The third kappa shape index (κ3) is 6.62. The number of primary amides is 1. The number of halogens is 3. The first-order valence-corrected chi connectivity index (χ1v) is 12.1. The maximum Gasteiger partial charge on any atom is 0.219 e. The SMILES string of the molecule is Cl.NC(=O)CC1CCCN1N1CCC(COCc2cc(Cl)cc(Cl)c2)(c2ccccc2)CC1. The van der Waals surface area contributed by atoms with Crippen molar-refractivity contribution in [2.45, 2.75) is 50.2 Å². The molecule has 2 N–H and O–H groups in total. The van der Waals surface area contributed by atoms with Crippen molar-refractivity contribution in [3.63, 3.8) is 0 Å². The molecule has 0 radical (unpaired) electrons. The van der Waals surface area contributed by atoms with Crippen molar-refractivity contribution >= 4 is 41.5 Å². The van der Waals surface area contributed by atoms with Crippen molar-refractivity contribution < 1.29 is 9.53 Å². The molecule has 1 amide bonds. The van der Waals surface area contributed by atoms with Gasteiger partial charge < -0.3 is 10.5 Å². The molecule has 8 heteroatoms. The molecule has 180 valence electrons. The molecule has 1 unspecified atom stereocenters. The summed E-state index contributed by atoms with van der Waals surface area (Å²) in [6, 6.07) is 16.4. The van der Waals surface area contributed by atoms with E-state index in [1.54, 1.807) is 6.07 Å². The minimum Gasteiger partial charge on any atom is -0.376 e. The van der Waals surface area contributed by atoms with Crippen molar-refractivity contribution in [1.82, 2.24) is 10.0 Å². The number of carbonyl (C=O) groups excluding carboxylic acids is 1. The third-order valence-corrected chi connectivity index (χ3v) is 7.24. The van der Waals surface area contributed by atoms with Gasteiger partial charge in [0.15, 0.2) is 0 Å². The van der Waals surface area contributed by atoms with Crippen LogP contribution < -0.4 is 5.73 Å². The van der Waals surface area contributed by atoms with Crippen LogP contribution in [0.25, 0.3) is 0 Å². The van der Waals surface area contributed by atoms with E-state index in [0.29, 0.717) is 29.7 Å². The van der Waals surface area contributed by atoms with Gasteiger partial charge in [0.2, 0.25) is 5.91 Å². The van der Waals surface area contributed by atoms with Crippen LogP contribution in [-0.4, -0.2) is 48.2 Å². The highest BCUT2D eigenvalue weighted by molar-refractivity contribution is 6.34. The topological polar surface area (TPSA) is 58.8 Å². The van der Waals surface area contributed by atoms with Crippen LogP contribution in [-0.2, 0) is 21.6 Å². The van der Waals surface area contributed by atoms with Crippen LogP contribution in [0, 0.1) is 0 Å². The molecule has 0 aromatic heterocycles. The van der Waals surface area contributed by atoms with Gasteiger partial charge in [-0.2, -0.15) is 0 Å². The van der Waals surface area contributed by atoms with Crippen molar-refractivity contribution in [2.75, 3.05) is 26.2 Å². The normalized spacial score (nSPS) is 21.0. The van der Waals surface area contributed by atoms with Crippen molar-refractivity contribution in [2.24, 2.45) is 5.73 Å². The van der Waals surface area contributed by atoms with Crippen molar-refractivity contribution in [3.8, 4) is 0 Å². The summed E-state index contributed by atoms with van der Waals surface area (Å²) in [7, 11) is 0. The summed E-state index contributed by atoms with van der Waals surface area (Å²) >= 11 is 12.3. The van der Waals surface area contributed by atoms with Gasteiger partial charge in [-0.15, -0.1) is 12.4 Å². The number of carbonyl (C=O) groups is 1. The molecule has 5 nitrogen and oxygen atoms in total. The Labute approximate surface area is 212 Å². The largest absolute Gasteiger partial charge is 0.376 e. The average molecular weight is 513 g/mol. The smallest absolute Gasteiger partial charge is 0.219 e. The van der Waals surface area contributed by atoms with E-state index in [2.05, 4.69) is 40.3 Å². The number of hydrogen-bond donors (Lipinski definition) is 1. The van der Waals surface area contributed by atoms with E-state index in [9.17, 15) is 4.79 Å². The van der Waals surface area contributed by atoms with E-state index in [1.165, 1.54) is 5.56 Å². The standard InChI is InChI=1S/C25H31Cl2N3O2.ClH/c26-21-13-19(14-22(27)15-21)17-32-18-25(20-5-2-1-3-6-20)8-11-29(12-9-25)30-10-4-7-23(30)16-24(28)31;/h1-3,5-6,13-15,23H,4,7-12,16-18H2,(H2,28,31);1H. The lowest BCUT2D eigenvalue weighted by Crippen LogP contribution is -2.54. The Bertz CT molecular complexity index is 900. The van der Waals surface area contributed by atoms with Gasteiger partial charge in [-0.1, -0.05) is 53.5 Å². The highest BCUT2D eigenvalue weighted by Crippen LogP contribution is 2.38. The van der Waals surface area contributed by atoms with Gasteiger partial charge in [0.05, 0.1) is 13.2 Å². The summed E-state index contributed by atoms with van der Waals surface area (Å²) in [6.45, 7) is 4.00. The number of nitrogens with zero attached hydrogens (tertiary/aromatic N) is 2. The van der Waals surface area contributed by atoms with E-state index in [-0.39, 0.29) is 29.8 Å². The molecule has 0 aliphatic carbocycles. The zero-order valence-electron chi connectivity index (χ0n) is 18.7. The number of hydrazine groups is 1. The maximum absolute atomic E-state index is 11.5. The van der Waals surface area contributed by atoms with Crippen molar-refractivity contribution in [1.29, 1.82) is 0 Å². The van der Waals surface area contributed by atoms with Gasteiger partial charge in [-0.3, -0.25) is 4.79 Å². The molecule has 33 heavy (non-hydrogen) atoms. The molecule has 0 saturated carbocycles. The van der Waals surface area contributed by atoms with E-state index in [1.807, 2.05) is 12.1 Å². The second-order valence-electron chi connectivity index (χ2n) is 9.00. The third-order valence-electron chi connectivity index (χ3n) is 6.80. The Hall–Kier alpha value is -1.34. The molecule has 0 bridgehead atoms. The fourth-order valence-corrected chi connectivity index (χ4v) is 5.75. The predicted molar refractivity (Wildman–Crippen MR) is 136 cm³/mol. The average Bonchev–Trinajstić information content (AvgIpc) is 3.21. The van der Waals surface area contributed by atoms with Crippen LogP contribution in [0.1, 0.15) is 43.2 Å². The van der Waals surface area contributed by atoms with E-state index >= 15 is 0 Å². The first-order valence-electron chi connectivity index (χ1n) is 11.3. The number of rotatable bonds is 8. The highest BCUT2D eigenvalue weighted by Gasteiger charge is 2.40. The molecule has 2 aliphatic heterocycles. The van der Waals surface area contributed by atoms with Gasteiger partial charge >= 0.3 is 0 Å². The summed E-state index contributed by atoms with van der Waals surface area (Å²) in [5, 5.41) is 6.06. The van der Waals surface area contributed by atoms with Crippen molar-refractivity contribution in [3.05, 3.63) is 69.7 Å². The number of benzene rings is 2. The molecule has 0 spiro atoms. The van der Waals surface area contributed by atoms with Crippen LogP contribution in [0.15, 0.2) is 48.5 Å². The lowest BCUT2D eigenvalue weighted by Gasteiger charge is -2.46. The minimum atomic E-state index is -0.216. The molecule has 2 saturated heterocycles. The molecule has 2 aliphatic rings. The van der Waals surface area contributed by atoms with Gasteiger partial charge in [0.25, 0.3) is 0 Å². The van der Waals surface area contributed by atoms with E-state index < -0.39 is 0 Å². The molecule has 1 atom stereocenters. The Kier molecular flexibility index (Phi) is 9.45. The number of hydrogen-bond acceptors (Lipinski definition) is 4. The van der Waals surface area contributed by atoms with Crippen LogP contribution in [0.4, 0.5) is 0 Å². The summed E-state index contributed by atoms with van der Waals surface area (Å²) in [6.07, 6.45) is 4.57. The van der Waals surface area contributed by atoms with Gasteiger partial charge in [0.1, 0.15) is 0 Å². The first-order chi connectivity index (χ1) is 15.4. The second kappa shape index (κ2) is 11.9. The van der Waals surface area contributed by atoms with Gasteiger partial charge in [-0.25, -0.2) is 10.0 Å². The minimum absolute atomic E-state index is 0. The molecular weight excluding hydrogens is 481 g/mol. The van der Waals surface area contributed by atoms with Crippen LogP contribution in [0.5, 0.6) is 0 Å². The zero-order chi connectivity index (χ0) is 22.6. The molecular formula is C25H32Cl3N3O2. The molecule has 2 aromatic rings. The van der Waals surface area contributed by atoms with E-state index in [4.69, 9.17) is 33.7 Å². The van der Waals surface area contributed by atoms with Crippen LogP contribution >= 0.6 is 35.6 Å². The zero-order valence-corrected chi connectivity index (χ0v) is 21.0. The Morgan fingerprint density at radius 1 is 1.06 bits per heavy atom. The summed E-state index contributed by atoms with van der Waals surface area (Å²) in [5.41, 5.74) is 7.74. The number of ether oxygens (including phenoxy) is 1. The molecule has 2 aromatic carbocycles. The fourth-order valence-electron chi connectivity index (χ4n) is 5.18. The summed E-state index contributed by atoms with van der Waals surface area (Å²) in [4.78, 5) is 11.5. The quantitative estimate of drug-likeness (QED) is 0.527. The molecule has 2 fully saturated rings. The Morgan fingerprint density at radius 2 is 1.73 bits per heavy atom. The molecule has 4 rings (SSSR count). The lowest BCUT2D eigenvalue weighted by molar-refractivity contribution is -0.122. The molecule has 2 heterocycles. The number of nitrogens with two attached hydrogens (primary N) is 1. The van der Waals surface area contributed by atoms with Crippen LogP contribution in [0.2, 0.25) is 10.0 Å². The number of amides is 1. The second-order valence-corrected chi connectivity index (χ2v) is 9.87. The fraction of sp³-hybridized carbons (Fsp3) is 0.480. The van der Waals surface area contributed by atoms with Crippen LogP contribution in [0.3, 0.4) is 0 Å². The Balaban J connectivity index is 0.00000306. The number of piperidine rings is 1. The predicted octanol–water partition coefficient (Wildman–Crippen LogP) is 5.22. The lowest BCUT2D eigenvalue weighted by atomic mass is 9.73. The highest BCUT2D eigenvalue weighted by atomic mass is 35.5. The summed E-state index contributed by atoms with van der Waals surface area (Å²) < 4.78 is 6.25. The van der Waals surface area contributed by atoms with Gasteiger partial charge in [0, 0.05) is 47.6 Å². The summed E-state index contributed by atoms with van der Waals surface area (Å²) in [5.74, 6) is -0.216. The van der Waals surface area contributed by atoms with Gasteiger partial charge in [-0.05, 0) is 55.0 Å².